The summed E-state index contributed by atoms with van der Waals surface area (Å²) in [6.45, 7) is 1.19. The van der Waals surface area contributed by atoms with Crippen molar-refractivity contribution >= 4 is 0 Å². The van der Waals surface area contributed by atoms with Gasteiger partial charge in [0.15, 0.2) is 0 Å². The van der Waals surface area contributed by atoms with Crippen molar-refractivity contribution in [3.05, 3.63) is 11.8 Å². The summed E-state index contributed by atoms with van der Waals surface area (Å²) in [6.07, 6.45) is 6.42. The smallest absolute Gasteiger partial charge is 0.0179 e. The summed E-state index contributed by atoms with van der Waals surface area (Å²) >= 11 is 0. The molecule has 1 nitrogen and oxygen atoms in total. The molecule has 0 aromatic rings. The van der Waals surface area contributed by atoms with Crippen molar-refractivity contribution in [1.29, 1.82) is 0 Å². The van der Waals surface area contributed by atoms with Crippen molar-refractivity contribution in [2.24, 2.45) is 5.92 Å². The lowest BCUT2D eigenvalue weighted by molar-refractivity contribution is 0.868. The Bertz CT molecular complexity index is 122. The van der Waals surface area contributed by atoms with Crippen molar-refractivity contribution in [1.82, 2.24) is 5.32 Å². The summed E-state index contributed by atoms with van der Waals surface area (Å²) in [5.41, 5.74) is 1.67. The van der Waals surface area contributed by atoms with Crippen molar-refractivity contribution in [3.8, 4) is 0 Å². The van der Waals surface area contributed by atoms with Crippen LogP contribution in [0.5, 0.6) is 0 Å². The van der Waals surface area contributed by atoms with Crippen molar-refractivity contribution in [2.45, 2.75) is 19.3 Å². The molecule has 0 atom stereocenters. The largest absolute Gasteiger partial charge is 0.391 e. The highest BCUT2D eigenvalue weighted by Crippen LogP contribution is 2.38. The maximum atomic E-state index is 3.23. The van der Waals surface area contributed by atoms with E-state index in [1.807, 2.05) is 0 Å². The SMILES string of the molecule is C1=C(C2CC2)CCN1. The van der Waals surface area contributed by atoms with Gasteiger partial charge in [-0.25, -0.2) is 0 Å². The molecule has 1 heteroatoms. The fraction of sp³-hybridized carbons (Fsp3) is 0.714. The first-order chi connectivity index (χ1) is 3.97. The highest BCUT2D eigenvalue weighted by atomic mass is 14.9. The molecule has 1 saturated carbocycles. The Morgan fingerprint density at radius 3 is 2.88 bits per heavy atom. The molecule has 2 rings (SSSR count). The molecule has 0 spiro atoms. The van der Waals surface area contributed by atoms with Crippen LogP contribution in [0.15, 0.2) is 11.8 Å². The quantitative estimate of drug-likeness (QED) is 0.534. The molecule has 1 aliphatic heterocycles. The molecule has 8 heavy (non-hydrogen) atoms. The molecular weight excluding hydrogens is 98.1 g/mol. The maximum absolute atomic E-state index is 3.23. The number of hydrogen-bond donors (Lipinski definition) is 1. The molecule has 0 saturated heterocycles. The minimum atomic E-state index is 0.991. The summed E-state index contributed by atoms with van der Waals surface area (Å²) in [6, 6.07) is 0. The zero-order chi connectivity index (χ0) is 5.40. The third-order valence-corrected chi connectivity index (χ3v) is 1.95. The number of hydrogen-bond acceptors (Lipinski definition) is 1. The Kier molecular flexibility index (Phi) is 0.833. The van der Waals surface area contributed by atoms with E-state index in [9.17, 15) is 0 Å². The van der Waals surface area contributed by atoms with E-state index >= 15 is 0 Å². The first-order valence-electron chi connectivity index (χ1n) is 3.39. The lowest BCUT2D eigenvalue weighted by Crippen LogP contribution is -1.96. The van der Waals surface area contributed by atoms with Gasteiger partial charge < -0.3 is 5.32 Å². The maximum Gasteiger partial charge on any atom is 0.0179 e. The Morgan fingerprint density at radius 1 is 1.50 bits per heavy atom. The van der Waals surface area contributed by atoms with E-state index in [0.29, 0.717) is 0 Å². The fourth-order valence-corrected chi connectivity index (χ4v) is 1.27. The molecule has 1 N–H and O–H groups in total. The highest BCUT2D eigenvalue weighted by Gasteiger charge is 2.26. The second kappa shape index (κ2) is 1.51. The van der Waals surface area contributed by atoms with E-state index in [-0.39, 0.29) is 0 Å². The molecule has 1 heterocycles. The van der Waals surface area contributed by atoms with Crippen LogP contribution in [-0.4, -0.2) is 6.54 Å². The van der Waals surface area contributed by atoms with Crippen LogP contribution in [0, 0.1) is 5.92 Å². The average molecular weight is 109 g/mol. The summed E-state index contributed by atoms with van der Waals surface area (Å²) in [7, 11) is 0. The first-order valence-corrected chi connectivity index (χ1v) is 3.39. The van der Waals surface area contributed by atoms with Crippen LogP contribution in [-0.2, 0) is 0 Å². The van der Waals surface area contributed by atoms with Gasteiger partial charge in [0.05, 0.1) is 0 Å². The number of rotatable bonds is 1. The van der Waals surface area contributed by atoms with E-state index in [1.54, 1.807) is 5.57 Å². The van der Waals surface area contributed by atoms with Gasteiger partial charge in [0.2, 0.25) is 0 Å². The molecule has 0 aromatic heterocycles. The van der Waals surface area contributed by atoms with Crippen LogP contribution in [0.4, 0.5) is 0 Å². The molecule has 0 amide bonds. The lowest BCUT2D eigenvalue weighted by atomic mass is 10.1. The minimum absolute atomic E-state index is 0.991. The fourth-order valence-electron chi connectivity index (χ4n) is 1.27. The minimum Gasteiger partial charge on any atom is -0.391 e. The zero-order valence-corrected chi connectivity index (χ0v) is 4.98. The predicted octanol–water partition coefficient (Wildman–Crippen LogP) is 1.27. The molecule has 1 aliphatic carbocycles. The number of nitrogens with one attached hydrogen (secondary N) is 1. The van der Waals surface area contributed by atoms with E-state index in [1.165, 1.54) is 25.8 Å². The van der Waals surface area contributed by atoms with E-state index < -0.39 is 0 Å². The van der Waals surface area contributed by atoms with Gasteiger partial charge in [-0.1, -0.05) is 0 Å². The van der Waals surface area contributed by atoms with E-state index in [2.05, 4.69) is 11.5 Å². The Balaban J connectivity index is 2.02. The van der Waals surface area contributed by atoms with Gasteiger partial charge in [-0.15, -0.1) is 0 Å². The molecule has 0 aromatic carbocycles. The third kappa shape index (κ3) is 0.623. The Hall–Kier alpha value is -0.460. The molecular formula is C7H11N. The van der Waals surface area contributed by atoms with Gasteiger partial charge in [0.1, 0.15) is 0 Å². The Labute approximate surface area is 49.8 Å². The molecule has 44 valence electrons. The molecule has 0 bridgehead atoms. The van der Waals surface area contributed by atoms with Crippen LogP contribution in [0.25, 0.3) is 0 Å². The third-order valence-electron chi connectivity index (χ3n) is 1.95. The summed E-state index contributed by atoms with van der Waals surface area (Å²) < 4.78 is 0. The average Bonchev–Trinajstić information content (AvgIpc) is 2.49. The second-order valence-corrected chi connectivity index (χ2v) is 2.70. The van der Waals surface area contributed by atoms with Crippen molar-refractivity contribution < 1.29 is 0 Å². The monoisotopic (exact) mass is 109 g/mol. The summed E-state index contributed by atoms with van der Waals surface area (Å²) in [5.74, 6) is 0.991. The topological polar surface area (TPSA) is 12.0 Å². The highest BCUT2D eigenvalue weighted by molar-refractivity contribution is 5.15. The normalized spacial score (nSPS) is 27.2. The van der Waals surface area contributed by atoms with Crippen LogP contribution < -0.4 is 5.32 Å². The standard InChI is InChI=1S/C7H11N/c1-2-6(1)7-3-4-8-5-7/h5-6,8H,1-4H2. The molecule has 1 fully saturated rings. The Morgan fingerprint density at radius 2 is 2.38 bits per heavy atom. The van der Waals surface area contributed by atoms with Crippen LogP contribution in [0.2, 0.25) is 0 Å². The van der Waals surface area contributed by atoms with Crippen molar-refractivity contribution in [3.63, 3.8) is 0 Å². The van der Waals surface area contributed by atoms with Gasteiger partial charge in [0.25, 0.3) is 0 Å². The lowest BCUT2D eigenvalue weighted by Gasteiger charge is -1.90. The first kappa shape index (κ1) is 4.42. The molecule has 2 aliphatic rings. The van der Waals surface area contributed by atoms with Gasteiger partial charge in [-0.3, -0.25) is 0 Å². The van der Waals surface area contributed by atoms with Gasteiger partial charge in [-0.05, 0) is 37.0 Å². The summed E-state index contributed by atoms with van der Waals surface area (Å²) in [5, 5.41) is 3.23. The zero-order valence-electron chi connectivity index (χ0n) is 4.98. The van der Waals surface area contributed by atoms with Crippen LogP contribution in [0.3, 0.4) is 0 Å². The summed E-state index contributed by atoms with van der Waals surface area (Å²) in [4.78, 5) is 0. The van der Waals surface area contributed by atoms with Gasteiger partial charge >= 0.3 is 0 Å². The van der Waals surface area contributed by atoms with E-state index in [4.69, 9.17) is 0 Å². The van der Waals surface area contributed by atoms with Gasteiger partial charge in [0, 0.05) is 6.54 Å². The predicted molar refractivity (Wildman–Crippen MR) is 33.4 cm³/mol. The molecule has 0 radical (unpaired) electrons. The second-order valence-electron chi connectivity index (χ2n) is 2.70. The van der Waals surface area contributed by atoms with Gasteiger partial charge in [-0.2, -0.15) is 0 Å². The van der Waals surface area contributed by atoms with Crippen LogP contribution >= 0.6 is 0 Å². The van der Waals surface area contributed by atoms with Crippen molar-refractivity contribution in [2.75, 3.05) is 6.54 Å². The van der Waals surface area contributed by atoms with Crippen LogP contribution in [0.1, 0.15) is 19.3 Å². The molecule has 0 unspecified atom stereocenters. The van der Waals surface area contributed by atoms with E-state index in [0.717, 1.165) is 5.92 Å².